The zero-order chi connectivity index (χ0) is 20.3. The molecule has 0 radical (unpaired) electrons. The molecule has 0 atom stereocenters. The maximum absolute atomic E-state index is 13.2. The Morgan fingerprint density at radius 2 is 1.79 bits per heavy atom. The van der Waals surface area contributed by atoms with Crippen LogP contribution in [0.4, 0.5) is 5.13 Å². The monoisotopic (exact) mass is 491 g/mol. The van der Waals surface area contributed by atoms with Crippen LogP contribution in [0.2, 0.25) is 9.36 Å². The number of halogens is 3. The summed E-state index contributed by atoms with van der Waals surface area (Å²) in [4.78, 5) is 23.0. The second-order valence-corrected chi connectivity index (χ2v) is 9.68. The number of likely N-dealkylation sites (N-methyl/N-ethyl adjacent to an activating group) is 1. The molecule has 1 amide bonds. The minimum atomic E-state index is 0. The Morgan fingerprint density at radius 1 is 1.07 bits per heavy atom. The molecule has 0 fully saturated rings. The van der Waals surface area contributed by atoms with Gasteiger partial charge in [0.1, 0.15) is 0 Å². The third kappa shape index (κ3) is 5.84. The Hall–Kier alpha value is -0.890. The molecule has 3 rings (SSSR count). The van der Waals surface area contributed by atoms with Gasteiger partial charge in [-0.05, 0) is 43.8 Å². The first-order valence-corrected chi connectivity index (χ1v) is 11.6. The molecule has 0 bridgehead atoms. The number of aryl methyl sites for hydroxylation is 1. The van der Waals surface area contributed by atoms with Crippen molar-refractivity contribution in [3.05, 3.63) is 44.1 Å². The predicted octanol–water partition coefficient (Wildman–Crippen LogP) is 6.31. The summed E-state index contributed by atoms with van der Waals surface area (Å²) < 4.78 is 1.62. The van der Waals surface area contributed by atoms with Gasteiger partial charge in [0.15, 0.2) is 5.13 Å². The maximum Gasteiger partial charge on any atom is 0.234 e. The molecule has 158 valence electrons. The normalized spacial score (nSPS) is 11.1. The van der Waals surface area contributed by atoms with E-state index in [4.69, 9.17) is 28.2 Å². The molecule has 29 heavy (non-hydrogen) atoms. The second-order valence-electron chi connectivity index (χ2n) is 6.49. The number of benzene rings is 1. The molecule has 0 spiro atoms. The number of thiophene rings is 1. The van der Waals surface area contributed by atoms with Crippen molar-refractivity contribution >= 4 is 79.5 Å². The Balaban J connectivity index is 0.00000300. The standard InChI is InChI=1S/C20H23Cl2N3OS2.ClH/c1-4-24(5-2)10-11-25(17(26)12-14-7-9-16(22)27-14)20-23-18-13(3)6-8-15(21)19(18)28-20;/h6-9H,4-5,10-12H2,1-3H3;1H. The Morgan fingerprint density at radius 3 is 2.38 bits per heavy atom. The van der Waals surface area contributed by atoms with E-state index in [0.29, 0.717) is 27.5 Å². The van der Waals surface area contributed by atoms with Gasteiger partial charge in [-0.2, -0.15) is 0 Å². The highest BCUT2D eigenvalue weighted by Crippen LogP contribution is 2.36. The highest BCUT2D eigenvalue weighted by Gasteiger charge is 2.22. The zero-order valence-corrected chi connectivity index (χ0v) is 20.5. The minimum absolute atomic E-state index is 0. The van der Waals surface area contributed by atoms with Crippen molar-refractivity contribution in [1.82, 2.24) is 9.88 Å². The average Bonchev–Trinajstić information content (AvgIpc) is 3.29. The molecule has 0 N–H and O–H groups in total. The Labute approximate surface area is 195 Å². The van der Waals surface area contributed by atoms with Crippen LogP contribution in [0.3, 0.4) is 0 Å². The van der Waals surface area contributed by atoms with Gasteiger partial charge in [0.25, 0.3) is 0 Å². The largest absolute Gasteiger partial charge is 0.302 e. The Bertz CT molecular complexity index is 930. The zero-order valence-electron chi connectivity index (χ0n) is 16.6. The molecule has 0 saturated carbocycles. The number of thiazole rings is 1. The first kappa shape index (κ1) is 24.4. The smallest absolute Gasteiger partial charge is 0.234 e. The third-order valence-corrected chi connectivity index (χ3v) is 7.48. The molecule has 1 aromatic carbocycles. The summed E-state index contributed by atoms with van der Waals surface area (Å²) in [7, 11) is 0. The number of rotatable bonds is 8. The highest BCUT2D eigenvalue weighted by molar-refractivity contribution is 7.23. The van der Waals surface area contributed by atoms with Gasteiger partial charge in [-0.1, -0.05) is 54.5 Å². The van der Waals surface area contributed by atoms with Gasteiger partial charge in [-0.3, -0.25) is 9.69 Å². The van der Waals surface area contributed by atoms with E-state index in [1.807, 2.05) is 31.2 Å². The number of aromatic nitrogens is 1. The van der Waals surface area contributed by atoms with Crippen molar-refractivity contribution in [3.8, 4) is 0 Å². The number of amides is 1. The van der Waals surface area contributed by atoms with Crippen molar-refractivity contribution in [2.45, 2.75) is 27.2 Å². The molecular weight excluding hydrogens is 469 g/mol. The van der Waals surface area contributed by atoms with Gasteiger partial charge in [-0.25, -0.2) is 4.98 Å². The lowest BCUT2D eigenvalue weighted by molar-refractivity contribution is -0.118. The van der Waals surface area contributed by atoms with Crippen molar-refractivity contribution < 1.29 is 4.79 Å². The predicted molar refractivity (Wildman–Crippen MR) is 130 cm³/mol. The summed E-state index contributed by atoms with van der Waals surface area (Å²) in [6, 6.07) is 7.59. The van der Waals surface area contributed by atoms with E-state index in [-0.39, 0.29) is 18.3 Å². The summed E-state index contributed by atoms with van der Waals surface area (Å²) in [5.74, 6) is 0.0264. The molecule has 0 saturated heterocycles. The average molecular weight is 493 g/mol. The molecule has 0 aliphatic heterocycles. The number of carbonyl (C=O) groups is 1. The van der Waals surface area contributed by atoms with Crippen molar-refractivity contribution in [3.63, 3.8) is 0 Å². The van der Waals surface area contributed by atoms with Gasteiger partial charge < -0.3 is 4.90 Å². The lowest BCUT2D eigenvalue weighted by Gasteiger charge is -2.24. The topological polar surface area (TPSA) is 36.4 Å². The van der Waals surface area contributed by atoms with Crippen molar-refractivity contribution in [2.24, 2.45) is 0 Å². The fourth-order valence-corrected chi connectivity index (χ4v) is 5.44. The van der Waals surface area contributed by atoms with Crippen LogP contribution in [-0.2, 0) is 11.2 Å². The van der Waals surface area contributed by atoms with E-state index in [1.54, 1.807) is 4.90 Å². The quantitative estimate of drug-likeness (QED) is 0.369. The van der Waals surface area contributed by atoms with Gasteiger partial charge in [0.05, 0.1) is 26.0 Å². The van der Waals surface area contributed by atoms with Crippen LogP contribution in [0.15, 0.2) is 24.3 Å². The van der Waals surface area contributed by atoms with E-state index in [1.165, 1.54) is 22.7 Å². The number of carbonyl (C=O) groups excluding carboxylic acids is 1. The molecule has 0 aliphatic rings. The van der Waals surface area contributed by atoms with E-state index < -0.39 is 0 Å². The summed E-state index contributed by atoms with van der Waals surface area (Å²) >= 11 is 15.3. The van der Waals surface area contributed by atoms with E-state index in [9.17, 15) is 4.79 Å². The highest BCUT2D eigenvalue weighted by atomic mass is 35.5. The first-order valence-electron chi connectivity index (χ1n) is 9.25. The van der Waals surface area contributed by atoms with Gasteiger partial charge in [-0.15, -0.1) is 23.7 Å². The third-order valence-electron chi connectivity index (χ3n) is 4.71. The fourth-order valence-electron chi connectivity index (χ4n) is 3.01. The van der Waals surface area contributed by atoms with Crippen LogP contribution in [0.5, 0.6) is 0 Å². The van der Waals surface area contributed by atoms with Gasteiger partial charge in [0, 0.05) is 18.0 Å². The van der Waals surface area contributed by atoms with E-state index in [2.05, 4.69) is 18.7 Å². The molecule has 2 heterocycles. The lowest BCUT2D eigenvalue weighted by Crippen LogP contribution is -2.39. The van der Waals surface area contributed by atoms with Crippen LogP contribution in [0.1, 0.15) is 24.3 Å². The van der Waals surface area contributed by atoms with E-state index >= 15 is 0 Å². The van der Waals surface area contributed by atoms with Crippen molar-refractivity contribution in [2.75, 3.05) is 31.1 Å². The van der Waals surface area contributed by atoms with E-state index in [0.717, 1.165) is 40.3 Å². The number of hydrogen-bond acceptors (Lipinski definition) is 5. The Kier molecular flexibility index (Phi) is 9.19. The van der Waals surface area contributed by atoms with Crippen LogP contribution in [-0.4, -0.2) is 42.0 Å². The first-order chi connectivity index (χ1) is 13.4. The summed E-state index contributed by atoms with van der Waals surface area (Å²) in [6.45, 7) is 9.56. The summed E-state index contributed by atoms with van der Waals surface area (Å²) in [5.41, 5.74) is 1.93. The summed E-state index contributed by atoms with van der Waals surface area (Å²) in [6.07, 6.45) is 0.318. The molecule has 0 aliphatic carbocycles. The molecule has 4 nitrogen and oxygen atoms in total. The number of anilines is 1. The van der Waals surface area contributed by atoms with Crippen LogP contribution >= 0.6 is 58.3 Å². The maximum atomic E-state index is 13.2. The molecule has 3 aromatic rings. The van der Waals surface area contributed by atoms with Crippen LogP contribution in [0, 0.1) is 6.92 Å². The molecule has 9 heteroatoms. The number of hydrogen-bond donors (Lipinski definition) is 0. The van der Waals surface area contributed by atoms with Crippen LogP contribution < -0.4 is 4.90 Å². The lowest BCUT2D eigenvalue weighted by atomic mass is 10.2. The summed E-state index contributed by atoms with van der Waals surface area (Å²) in [5, 5.41) is 1.37. The molecule has 2 aromatic heterocycles. The van der Waals surface area contributed by atoms with Gasteiger partial charge in [0.2, 0.25) is 5.91 Å². The fraction of sp³-hybridized carbons (Fsp3) is 0.400. The minimum Gasteiger partial charge on any atom is -0.302 e. The molecule has 0 unspecified atom stereocenters. The SMILES string of the molecule is CCN(CC)CCN(C(=O)Cc1ccc(Cl)s1)c1nc2c(C)ccc(Cl)c2s1.Cl. The number of fused-ring (bicyclic) bond motifs is 1. The van der Waals surface area contributed by atoms with Gasteiger partial charge >= 0.3 is 0 Å². The second kappa shape index (κ2) is 10.9. The van der Waals surface area contributed by atoms with Crippen LogP contribution in [0.25, 0.3) is 10.2 Å². The van der Waals surface area contributed by atoms with Crippen molar-refractivity contribution in [1.29, 1.82) is 0 Å². The number of nitrogens with zero attached hydrogens (tertiary/aromatic N) is 3. The molecular formula is C20H24Cl3N3OS2.